The minimum atomic E-state index is -0.846. The third kappa shape index (κ3) is 3.27. The molecule has 0 aliphatic heterocycles. The fourth-order valence-corrected chi connectivity index (χ4v) is 3.12. The number of benzene rings is 1. The number of carbonyl (C=O) groups excluding carboxylic acids is 1. The molecule has 2 aromatic rings. The highest BCUT2D eigenvalue weighted by Gasteiger charge is 2.39. The van der Waals surface area contributed by atoms with Crippen molar-refractivity contribution in [2.75, 3.05) is 6.54 Å². The van der Waals surface area contributed by atoms with Gasteiger partial charge in [0.05, 0.1) is 11.1 Å². The van der Waals surface area contributed by atoms with Crippen LogP contribution in [0.15, 0.2) is 30.6 Å². The molecular formula is C16H19N5O3. The predicted octanol–water partition coefficient (Wildman–Crippen LogP) is 1.43. The molecule has 0 bridgehead atoms. The van der Waals surface area contributed by atoms with Crippen LogP contribution in [0.25, 0.3) is 5.69 Å². The van der Waals surface area contributed by atoms with Crippen molar-refractivity contribution in [3.8, 4) is 5.69 Å². The smallest absolute Gasteiger partial charge is 0.311 e. The van der Waals surface area contributed by atoms with Crippen molar-refractivity contribution >= 4 is 11.9 Å². The van der Waals surface area contributed by atoms with Crippen molar-refractivity contribution in [2.24, 2.45) is 5.41 Å². The van der Waals surface area contributed by atoms with Crippen LogP contribution in [-0.4, -0.2) is 43.7 Å². The first-order valence-electron chi connectivity index (χ1n) is 7.96. The molecule has 0 spiro atoms. The van der Waals surface area contributed by atoms with Crippen molar-refractivity contribution in [3.63, 3.8) is 0 Å². The Morgan fingerprint density at radius 2 is 2.04 bits per heavy atom. The van der Waals surface area contributed by atoms with E-state index in [4.69, 9.17) is 0 Å². The van der Waals surface area contributed by atoms with E-state index in [9.17, 15) is 14.7 Å². The second-order valence-electron chi connectivity index (χ2n) is 6.13. The van der Waals surface area contributed by atoms with E-state index in [1.807, 2.05) is 0 Å². The van der Waals surface area contributed by atoms with Gasteiger partial charge in [-0.3, -0.25) is 9.59 Å². The van der Waals surface area contributed by atoms with Crippen molar-refractivity contribution in [1.29, 1.82) is 0 Å². The number of carbonyl (C=O) groups is 2. The first-order valence-corrected chi connectivity index (χ1v) is 7.96. The lowest BCUT2D eigenvalue weighted by molar-refractivity contribution is -0.150. The molecule has 8 heteroatoms. The lowest BCUT2D eigenvalue weighted by Gasteiger charge is -2.33. The van der Waals surface area contributed by atoms with Gasteiger partial charge in [0.2, 0.25) is 0 Å². The van der Waals surface area contributed by atoms with Gasteiger partial charge in [0.25, 0.3) is 5.91 Å². The van der Waals surface area contributed by atoms with Gasteiger partial charge in [0.1, 0.15) is 6.33 Å². The fourth-order valence-electron chi connectivity index (χ4n) is 3.12. The number of hydrogen-bond acceptors (Lipinski definition) is 5. The van der Waals surface area contributed by atoms with Crippen LogP contribution in [0.4, 0.5) is 0 Å². The highest BCUT2D eigenvalue weighted by molar-refractivity contribution is 5.95. The monoisotopic (exact) mass is 329 g/mol. The summed E-state index contributed by atoms with van der Waals surface area (Å²) in [5.41, 5.74) is 0.263. The zero-order valence-corrected chi connectivity index (χ0v) is 13.2. The Balaban J connectivity index is 1.71. The van der Waals surface area contributed by atoms with Crippen LogP contribution >= 0.6 is 0 Å². The zero-order valence-electron chi connectivity index (χ0n) is 13.2. The van der Waals surface area contributed by atoms with Crippen LogP contribution in [0, 0.1) is 5.41 Å². The Morgan fingerprint density at radius 1 is 1.25 bits per heavy atom. The summed E-state index contributed by atoms with van der Waals surface area (Å²) in [6.07, 6.45) is 5.48. The Labute approximate surface area is 138 Å². The van der Waals surface area contributed by atoms with Gasteiger partial charge in [-0.15, -0.1) is 5.10 Å². The predicted molar refractivity (Wildman–Crippen MR) is 84.6 cm³/mol. The molecule has 1 heterocycles. The molecule has 1 aliphatic carbocycles. The Hall–Kier alpha value is -2.77. The molecule has 1 aromatic carbocycles. The van der Waals surface area contributed by atoms with Crippen LogP contribution in [0.1, 0.15) is 42.5 Å². The van der Waals surface area contributed by atoms with E-state index in [-0.39, 0.29) is 12.5 Å². The number of tetrazole rings is 1. The Bertz CT molecular complexity index is 723. The normalized spacial score (nSPS) is 16.5. The molecule has 126 valence electrons. The standard InChI is InChI=1S/C16H19N5O3/c22-14(17-10-16(15(23)24)7-2-1-3-8-16)12-5-4-6-13(9-12)21-11-18-19-20-21/h4-6,9,11H,1-3,7-8,10H2,(H,17,22)(H,23,24). The van der Waals surface area contributed by atoms with Crippen LogP contribution in [0.3, 0.4) is 0 Å². The summed E-state index contributed by atoms with van der Waals surface area (Å²) in [6.45, 7) is 0.149. The zero-order chi connectivity index (χ0) is 17.0. The summed E-state index contributed by atoms with van der Waals surface area (Å²) in [4.78, 5) is 24.1. The molecule has 3 rings (SSSR count). The van der Waals surface area contributed by atoms with E-state index in [2.05, 4.69) is 20.8 Å². The number of aromatic nitrogens is 4. The molecule has 1 aliphatic rings. The molecule has 0 atom stereocenters. The molecule has 2 N–H and O–H groups in total. The van der Waals surface area contributed by atoms with Crippen molar-refractivity contribution < 1.29 is 14.7 Å². The minimum Gasteiger partial charge on any atom is -0.481 e. The maximum Gasteiger partial charge on any atom is 0.311 e. The Morgan fingerprint density at radius 3 is 2.71 bits per heavy atom. The summed E-state index contributed by atoms with van der Waals surface area (Å²) in [7, 11) is 0. The number of carboxylic acid groups (broad SMARTS) is 1. The van der Waals surface area contributed by atoms with Gasteiger partial charge in [-0.05, 0) is 41.5 Å². The summed E-state index contributed by atoms with van der Waals surface area (Å²) in [6, 6.07) is 6.87. The second-order valence-corrected chi connectivity index (χ2v) is 6.13. The van der Waals surface area contributed by atoms with E-state index in [1.165, 1.54) is 11.0 Å². The van der Waals surface area contributed by atoms with Crippen molar-refractivity contribution in [1.82, 2.24) is 25.5 Å². The largest absolute Gasteiger partial charge is 0.481 e. The first kappa shape index (κ1) is 16.1. The van der Waals surface area contributed by atoms with E-state index in [1.54, 1.807) is 24.3 Å². The summed E-state index contributed by atoms with van der Waals surface area (Å²) < 4.78 is 1.46. The van der Waals surface area contributed by atoms with E-state index >= 15 is 0 Å². The van der Waals surface area contributed by atoms with Crippen LogP contribution in [-0.2, 0) is 4.79 Å². The van der Waals surface area contributed by atoms with Gasteiger partial charge in [-0.2, -0.15) is 0 Å². The molecule has 0 radical (unpaired) electrons. The van der Waals surface area contributed by atoms with Crippen molar-refractivity contribution in [2.45, 2.75) is 32.1 Å². The summed E-state index contributed by atoms with van der Waals surface area (Å²) >= 11 is 0. The van der Waals surface area contributed by atoms with E-state index in [0.29, 0.717) is 24.1 Å². The molecule has 0 saturated heterocycles. The number of hydrogen-bond donors (Lipinski definition) is 2. The minimum absolute atomic E-state index is 0.149. The first-order chi connectivity index (χ1) is 11.6. The van der Waals surface area contributed by atoms with E-state index < -0.39 is 11.4 Å². The highest BCUT2D eigenvalue weighted by atomic mass is 16.4. The van der Waals surface area contributed by atoms with Gasteiger partial charge >= 0.3 is 5.97 Å². The molecule has 8 nitrogen and oxygen atoms in total. The summed E-state index contributed by atoms with van der Waals surface area (Å²) in [5, 5.41) is 23.3. The topological polar surface area (TPSA) is 110 Å². The molecule has 1 fully saturated rings. The number of carboxylic acids is 1. The maximum absolute atomic E-state index is 12.4. The van der Waals surface area contributed by atoms with Gasteiger partial charge in [-0.25, -0.2) is 4.68 Å². The van der Waals surface area contributed by atoms with E-state index in [0.717, 1.165) is 19.3 Å². The van der Waals surface area contributed by atoms with Gasteiger partial charge in [0.15, 0.2) is 0 Å². The lowest BCUT2D eigenvalue weighted by atomic mass is 9.74. The molecule has 24 heavy (non-hydrogen) atoms. The van der Waals surface area contributed by atoms with Gasteiger partial charge < -0.3 is 10.4 Å². The highest BCUT2D eigenvalue weighted by Crippen LogP contribution is 2.36. The third-order valence-corrected chi connectivity index (χ3v) is 4.57. The molecule has 0 unspecified atom stereocenters. The number of amides is 1. The van der Waals surface area contributed by atoms with Gasteiger partial charge in [0, 0.05) is 12.1 Å². The quantitative estimate of drug-likeness (QED) is 0.858. The fraction of sp³-hybridized carbons (Fsp3) is 0.438. The molecular weight excluding hydrogens is 310 g/mol. The SMILES string of the molecule is O=C(NCC1(C(=O)O)CCCCC1)c1cccc(-n2cnnn2)c1. The van der Waals surface area contributed by atoms with Crippen LogP contribution in [0.2, 0.25) is 0 Å². The Kier molecular flexibility index (Phi) is 4.54. The molecule has 1 saturated carbocycles. The molecule has 1 amide bonds. The van der Waals surface area contributed by atoms with Crippen LogP contribution in [0.5, 0.6) is 0 Å². The second kappa shape index (κ2) is 6.77. The summed E-state index contributed by atoms with van der Waals surface area (Å²) in [5.74, 6) is -1.12. The maximum atomic E-state index is 12.4. The third-order valence-electron chi connectivity index (χ3n) is 4.57. The van der Waals surface area contributed by atoms with Crippen LogP contribution < -0.4 is 5.32 Å². The molecule has 1 aromatic heterocycles. The lowest BCUT2D eigenvalue weighted by Crippen LogP contribution is -2.44. The number of nitrogens with zero attached hydrogens (tertiary/aromatic N) is 4. The number of aliphatic carboxylic acids is 1. The van der Waals surface area contributed by atoms with Crippen molar-refractivity contribution in [3.05, 3.63) is 36.2 Å². The number of nitrogens with one attached hydrogen (secondary N) is 1. The van der Waals surface area contributed by atoms with Gasteiger partial charge in [-0.1, -0.05) is 25.3 Å². The average Bonchev–Trinajstić information content (AvgIpc) is 3.15. The average molecular weight is 329 g/mol. The number of rotatable bonds is 5.